The molecule has 138 valence electrons. The van der Waals surface area contributed by atoms with Gasteiger partial charge >= 0.3 is 0 Å². The quantitative estimate of drug-likeness (QED) is 0.892. The largest absolute Gasteiger partial charge is 0.381 e. The number of anilines is 1. The van der Waals surface area contributed by atoms with Gasteiger partial charge in [-0.2, -0.15) is 0 Å². The highest BCUT2D eigenvalue weighted by molar-refractivity contribution is 5.38. The monoisotopic (exact) mass is 353 g/mol. The Labute approximate surface area is 155 Å². The average molecular weight is 353 g/mol. The van der Waals surface area contributed by atoms with E-state index in [0.717, 1.165) is 69.4 Å². The van der Waals surface area contributed by atoms with Gasteiger partial charge in [-0.1, -0.05) is 6.07 Å². The van der Waals surface area contributed by atoms with Crippen LogP contribution in [0.2, 0.25) is 0 Å². The number of nitrogens with zero attached hydrogens (tertiary/aromatic N) is 4. The van der Waals surface area contributed by atoms with Crippen molar-refractivity contribution >= 4 is 5.82 Å². The number of aryl methyl sites for hydroxylation is 1. The van der Waals surface area contributed by atoms with Crippen LogP contribution in [0.25, 0.3) is 0 Å². The van der Waals surface area contributed by atoms with Gasteiger partial charge in [0, 0.05) is 56.7 Å². The highest BCUT2D eigenvalue weighted by atomic mass is 16.5. The summed E-state index contributed by atoms with van der Waals surface area (Å²) in [6, 6.07) is 6.75. The van der Waals surface area contributed by atoms with Crippen LogP contribution in [0.5, 0.6) is 0 Å². The van der Waals surface area contributed by atoms with Crippen molar-refractivity contribution in [3.63, 3.8) is 0 Å². The molecule has 0 aliphatic carbocycles. The maximum Gasteiger partial charge on any atom is 0.130 e. The molecule has 2 fully saturated rings. The van der Waals surface area contributed by atoms with Gasteiger partial charge in [-0.3, -0.25) is 9.88 Å². The van der Waals surface area contributed by atoms with Crippen molar-refractivity contribution < 1.29 is 4.74 Å². The van der Waals surface area contributed by atoms with Crippen LogP contribution >= 0.6 is 0 Å². The molecule has 2 aliphatic rings. The molecule has 2 aromatic heterocycles. The minimum Gasteiger partial charge on any atom is -0.381 e. The van der Waals surface area contributed by atoms with E-state index in [2.05, 4.69) is 37.3 Å². The van der Waals surface area contributed by atoms with Crippen LogP contribution in [0.1, 0.15) is 42.3 Å². The zero-order valence-corrected chi connectivity index (χ0v) is 15.4. The van der Waals surface area contributed by atoms with Gasteiger partial charge in [-0.15, -0.1) is 0 Å². The summed E-state index contributed by atoms with van der Waals surface area (Å²) in [4.78, 5) is 15.9. The van der Waals surface area contributed by atoms with Crippen molar-refractivity contribution in [2.45, 2.75) is 44.7 Å². The molecular formula is C20H27N5O. The molecule has 0 saturated carbocycles. The van der Waals surface area contributed by atoms with Crippen LogP contribution in [-0.4, -0.2) is 52.2 Å². The van der Waals surface area contributed by atoms with Gasteiger partial charge in [-0.05, 0) is 37.8 Å². The molecule has 2 aliphatic heterocycles. The fourth-order valence-electron chi connectivity index (χ4n) is 3.84. The number of hydrogen-bond donors (Lipinski definition) is 1. The Morgan fingerprint density at radius 1 is 1.23 bits per heavy atom. The van der Waals surface area contributed by atoms with Gasteiger partial charge in [0.15, 0.2) is 0 Å². The smallest absolute Gasteiger partial charge is 0.130 e. The van der Waals surface area contributed by atoms with Gasteiger partial charge in [-0.25, -0.2) is 9.97 Å². The number of hydrogen-bond acceptors (Lipinski definition) is 6. The van der Waals surface area contributed by atoms with Gasteiger partial charge in [0.1, 0.15) is 11.6 Å². The third-order valence-corrected chi connectivity index (χ3v) is 5.27. The first-order valence-electron chi connectivity index (χ1n) is 9.57. The molecule has 0 bridgehead atoms. The lowest BCUT2D eigenvalue weighted by Gasteiger charge is -2.32. The maximum absolute atomic E-state index is 5.51. The first kappa shape index (κ1) is 17.4. The van der Waals surface area contributed by atoms with E-state index in [9.17, 15) is 0 Å². The topological polar surface area (TPSA) is 63.2 Å². The van der Waals surface area contributed by atoms with Crippen molar-refractivity contribution in [1.82, 2.24) is 19.9 Å². The fourth-order valence-corrected chi connectivity index (χ4v) is 3.84. The van der Waals surface area contributed by atoms with E-state index >= 15 is 0 Å². The lowest BCUT2D eigenvalue weighted by molar-refractivity contribution is 0.193. The highest BCUT2D eigenvalue weighted by Crippen LogP contribution is 2.26. The molecule has 0 spiro atoms. The van der Waals surface area contributed by atoms with Crippen molar-refractivity contribution in [1.29, 1.82) is 0 Å². The lowest BCUT2D eigenvalue weighted by atomic mass is 10.0. The zero-order chi connectivity index (χ0) is 17.8. The summed E-state index contributed by atoms with van der Waals surface area (Å²) >= 11 is 0. The Bertz CT molecular complexity index is 709. The predicted octanol–water partition coefficient (Wildman–Crippen LogP) is 2.76. The van der Waals surface area contributed by atoms with Gasteiger partial charge < -0.3 is 10.1 Å². The van der Waals surface area contributed by atoms with Crippen LogP contribution in [-0.2, 0) is 11.3 Å². The molecule has 6 heteroatoms. The summed E-state index contributed by atoms with van der Waals surface area (Å²) in [5.74, 6) is 2.22. The van der Waals surface area contributed by atoms with Crippen LogP contribution < -0.4 is 5.32 Å². The minimum absolute atomic E-state index is 0.415. The summed E-state index contributed by atoms with van der Waals surface area (Å²) in [7, 11) is 0. The van der Waals surface area contributed by atoms with E-state index < -0.39 is 0 Å². The third kappa shape index (κ3) is 4.37. The molecule has 0 radical (unpaired) electrons. The molecule has 4 rings (SSSR count). The molecule has 2 aromatic rings. The minimum atomic E-state index is 0.415. The van der Waals surface area contributed by atoms with Crippen LogP contribution in [0, 0.1) is 6.92 Å². The number of likely N-dealkylation sites (tertiary alicyclic amines) is 1. The molecular weight excluding hydrogens is 326 g/mol. The second kappa shape index (κ2) is 8.10. The van der Waals surface area contributed by atoms with Crippen molar-refractivity contribution in [3.05, 3.63) is 47.7 Å². The average Bonchev–Trinajstić information content (AvgIpc) is 3.19. The first-order valence-corrected chi connectivity index (χ1v) is 9.57. The Balaban J connectivity index is 1.32. The fraction of sp³-hybridized carbons (Fsp3) is 0.550. The van der Waals surface area contributed by atoms with Crippen molar-refractivity contribution in [2.24, 2.45) is 0 Å². The molecule has 2 saturated heterocycles. The number of aromatic nitrogens is 3. The highest BCUT2D eigenvalue weighted by Gasteiger charge is 2.22. The molecule has 0 amide bonds. The number of piperidine rings is 1. The van der Waals surface area contributed by atoms with Gasteiger partial charge in [0.2, 0.25) is 0 Å². The summed E-state index contributed by atoms with van der Waals surface area (Å²) in [5, 5.41) is 3.64. The van der Waals surface area contributed by atoms with E-state index in [0.29, 0.717) is 12.0 Å². The number of rotatable bonds is 5. The number of pyridine rings is 1. The molecule has 0 aromatic carbocycles. The Hall–Kier alpha value is -2.05. The molecule has 4 heterocycles. The molecule has 0 unspecified atom stereocenters. The lowest BCUT2D eigenvalue weighted by Crippen LogP contribution is -2.38. The van der Waals surface area contributed by atoms with E-state index in [4.69, 9.17) is 4.74 Å². The Morgan fingerprint density at radius 2 is 2.12 bits per heavy atom. The van der Waals surface area contributed by atoms with Crippen molar-refractivity contribution in [2.75, 3.05) is 31.6 Å². The standard InChI is InChI=1S/C20H27N5O/c1-15-22-19(17-6-10-26-14-17)11-20(23-15)24-18-4-8-25(9-5-18)13-16-3-2-7-21-12-16/h2-3,7,11-12,17-18H,4-6,8-10,13-14H2,1H3,(H,22,23,24)/t17-/m1/s1. The third-order valence-electron chi connectivity index (χ3n) is 5.27. The summed E-state index contributed by atoms with van der Waals surface area (Å²) in [6.07, 6.45) is 7.11. The van der Waals surface area contributed by atoms with E-state index in [1.165, 1.54) is 5.56 Å². The van der Waals surface area contributed by atoms with Crippen LogP contribution in [0.4, 0.5) is 5.82 Å². The second-order valence-corrected chi connectivity index (χ2v) is 7.34. The molecule has 1 N–H and O–H groups in total. The molecule has 6 nitrogen and oxygen atoms in total. The van der Waals surface area contributed by atoms with Crippen LogP contribution in [0.15, 0.2) is 30.6 Å². The second-order valence-electron chi connectivity index (χ2n) is 7.34. The van der Waals surface area contributed by atoms with E-state index in [1.807, 2.05) is 25.4 Å². The summed E-state index contributed by atoms with van der Waals surface area (Å²) < 4.78 is 5.51. The normalized spacial score (nSPS) is 21.8. The van der Waals surface area contributed by atoms with Gasteiger partial charge in [0.05, 0.1) is 12.3 Å². The predicted molar refractivity (Wildman–Crippen MR) is 101 cm³/mol. The Morgan fingerprint density at radius 3 is 2.85 bits per heavy atom. The van der Waals surface area contributed by atoms with Gasteiger partial charge in [0.25, 0.3) is 0 Å². The zero-order valence-electron chi connectivity index (χ0n) is 15.4. The molecule has 1 atom stereocenters. The summed E-state index contributed by atoms with van der Waals surface area (Å²) in [5.41, 5.74) is 2.40. The SMILES string of the molecule is Cc1nc(NC2CCN(Cc3cccnc3)CC2)cc([C@@H]2CCOC2)n1. The van der Waals surface area contributed by atoms with Crippen LogP contribution in [0.3, 0.4) is 0 Å². The number of nitrogens with one attached hydrogen (secondary N) is 1. The first-order chi connectivity index (χ1) is 12.8. The Kier molecular flexibility index (Phi) is 5.41. The maximum atomic E-state index is 5.51. The number of ether oxygens (including phenoxy) is 1. The van der Waals surface area contributed by atoms with E-state index in [-0.39, 0.29) is 0 Å². The summed E-state index contributed by atoms with van der Waals surface area (Å²) in [6.45, 7) is 6.77. The van der Waals surface area contributed by atoms with E-state index in [1.54, 1.807) is 0 Å². The van der Waals surface area contributed by atoms with Crippen molar-refractivity contribution in [3.8, 4) is 0 Å². The molecule has 26 heavy (non-hydrogen) atoms.